The minimum atomic E-state index is -0.954. The van der Waals surface area contributed by atoms with Gasteiger partial charge < -0.3 is 14.7 Å². The van der Waals surface area contributed by atoms with Crippen LogP contribution in [0.5, 0.6) is 0 Å². The fourth-order valence-electron chi connectivity index (χ4n) is 3.11. The third-order valence-electron chi connectivity index (χ3n) is 4.35. The van der Waals surface area contributed by atoms with Crippen LogP contribution in [-0.4, -0.2) is 40.8 Å². The van der Waals surface area contributed by atoms with E-state index in [2.05, 4.69) is 0 Å². The van der Waals surface area contributed by atoms with E-state index in [1.165, 1.54) is 4.90 Å². The molecule has 1 aromatic carbocycles. The lowest BCUT2D eigenvalue weighted by molar-refractivity contribution is -0.152. The number of carboxylic acids is 1. The summed E-state index contributed by atoms with van der Waals surface area (Å²) >= 11 is 0. The Labute approximate surface area is 143 Å². The Morgan fingerprint density at radius 3 is 2.42 bits per heavy atom. The van der Waals surface area contributed by atoms with Gasteiger partial charge in [0.25, 0.3) is 0 Å². The number of amides is 1. The molecule has 132 valence electrons. The number of aryl methyl sites for hydroxylation is 1. The molecular formula is C19H27NO4. The molecule has 1 heterocycles. The second kappa shape index (κ2) is 6.83. The van der Waals surface area contributed by atoms with Crippen molar-refractivity contribution in [2.75, 3.05) is 13.1 Å². The lowest BCUT2D eigenvalue weighted by Crippen LogP contribution is -2.52. The van der Waals surface area contributed by atoms with Crippen molar-refractivity contribution in [1.82, 2.24) is 4.90 Å². The van der Waals surface area contributed by atoms with E-state index < -0.39 is 23.1 Å². The highest BCUT2D eigenvalue weighted by molar-refractivity contribution is 5.77. The van der Waals surface area contributed by atoms with Gasteiger partial charge >= 0.3 is 12.1 Å². The monoisotopic (exact) mass is 333 g/mol. The third-order valence-corrected chi connectivity index (χ3v) is 4.35. The zero-order chi connectivity index (χ0) is 18.0. The van der Waals surface area contributed by atoms with Gasteiger partial charge in [0.2, 0.25) is 0 Å². The highest BCUT2D eigenvalue weighted by Gasteiger charge is 2.44. The average Bonchev–Trinajstić information content (AvgIpc) is 2.48. The van der Waals surface area contributed by atoms with E-state index in [0.29, 0.717) is 25.8 Å². The fourth-order valence-corrected chi connectivity index (χ4v) is 3.11. The Bertz CT molecular complexity index is 603. The molecule has 1 atom stereocenters. The number of hydrogen-bond acceptors (Lipinski definition) is 3. The van der Waals surface area contributed by atoms with Crippen molar-refractivity contribution in [3.63, 3.8) is 0 Å². The summed E-state index contributed by atoms with van der Waals surface area (Å²) in [6.07, 6.45) is 1.21. The zero-order valence-electron chi connectivity index (χ0n) is 15.0. The number of rotatable bonds is 3. The molecule has 1 saturated heterocycles. The van der Waals surface area contributed by atoms with Crippen LogP contribution in [0, 0.1) is 12.3 Å². The lowest BCUT2D eigenvalue weighted by Gasteiger charge is -2.40. The minimum Gasteiger partial charge on any atom is -0.481 e. The second-order valence-corrected chi connectivity index (χ2v) is 7.75. The van der Waals surface area contributed by atoms with Crippen LogP contribution in [-0.2, 0) is 16.0 Å². The summed E-state index contributed by atoms with van der Waals surface area (Å²) in [5.41, 5.74) is 0.582. The summed E-state index contributed by atoms with van der Waals surface area (Å²) in [6, 6.07) is 7.90. The first-order valence-electron chi connectivity index (χ1n) is 8.38. The maximum Gasteiger partial charge on any atom is 0.410 e. The third kappa shape index (κ3) is 4.49. The Hall–Kier alpha value is -2.04. The molecule has 1 unspecified atom stereocenters. The smallest absolute Gasteiger partial charge is 0.410 e. The van der Waals surface area contributed by atoms with Crippen molar-refractivity contribution in [1.29, 1.82) is 0 Å². The summed E-state index contributed by atoms with van der Waals surface area (Å²) in [5.74, 6) is -0.851. The Balaban J connectivity index is 2.18. The molecule has 5 nitrogen and oxygen atoms in total. The molecule has 0 bridgehead atoms. The Morgan fingerprint density at radius 1 is 1.25 bits per heavy atom. The molecular weight excluding hydrogens is 306 g/mol. The number of carbonyl (C=O) groups excluding carboxylic acids is 1. The van der Waals surface area contributed by atoms with E-state index in [4.69, 9.17) is 4.74 Å². The molecule has 0 saturated carbocycles. The zero-order valence-corrected chi connectivity index (χ0v) is 15.0. The van der Waals surface area contributed by atoms with E-state index in [0.717, 1.165) is 11.1 Å². The number of benzene rings is 1. The molecule has 1 aliphatic heterocycles. The van der Waals surface area contributed by atoms with Crippen LogP contribution >= 0.6 is 0 Å². The van der Waals surface area contributed by atoms with E-state index in [1.54, 1.807) is 0 Å². The highest BCUT2D eigenvalue weighted by Crippen LogP contribution is 2.35. The van der Waals surface area contributed by atoms with Crippen LogP contribution in [0.25, 0.3) is 0 Å². The van der Waals surface area contributed by atoms with E-state index in [9.17, 15) is 14.7 Å². The molecule has 0 spiro atoms. The molecule has 1 amide bonds. The van der Waals surface area contributed by atoms with Crippen LogP contribution in [0.3, 0.4) is 0 Å². The average molecular weight is 333 g/mol. The molecule has 0 radical (unpaired) electrons. The van der Waals surface area contributed by atoms with Gasteiger partial charge in [0.1, 0.15) is 5.60 Å². The van der Waals surface area contributed by atoms with E-state index in [1.807, 2.05) is 52.0 Å². The number of carboxylic acid groups (broad SMARTS) is 1. The first-order chi connectivity index (χ1) is 11.1. The van der Waals surface area contributed by atoms with Gasteiger partial charge in [-0.2, -0.15) is 0 Å². The normalized spacial score (nSPS) is 21.4. The van der Waals surface area contributed by atoms with Crippen molar-refractivity contribution in [3.8, 4) is 0 Å². The summed E-state index contributed by atoms with van der Waals surface area (Å²) in [4.78, 5) is 25.9. The minimum absolute atomic E-state index is 0.186. The predicted octanol–water partition coefficient (Wildman–Crippen LogP) is 3.64. The fraction of sp³-hybridized carbons (Fsp3) is 0.579. The van der Waals surface area contributed by atoms with Gasteiger partial charge in [-0.05, 0) is 52.5 Å². The quantitative estimate of drug-likeness (QED) is 0.917. The number of aliphatic carboxylic acids is 1. The summed E-state index contributed by atoms with van der Waals surface area (Å²) in [5, 5.41) is 9.86. The van der Waals surface area contributed by atoms with Gasteiger partial charge in [0.05, 0.1) is 5.41 Å². The molecule has 1 N–H and O–H groups in total. The number of carbonyl (C=O) groups is 2. The van der Waals surface area contributed by atoms with E-state index >= 15 is 0 Å². The number of nitrogens with zero attached hydrogens (tertiary/aromatic N) is 1. The van der Waals surface area contributed by atoms with Gasteiger partial charge in [-0.25, -0.2) is 4.79 Å². The molecule has 24 heavy (non-hydrogen) atoms. The first-order valence-corrected chi connectivity index (χ1v) is 8.38. The van der Waals surface area contributed by atoms with Crippen molar-refractivity contribution < 1.29 is 19.4 Å². The van der Waals surface area contributed by atoms with Crippen LogP contribution in [0.1, 0.15) is 44.7 Å². The van der Waals surface area contributed by atoms with Crippen LogP contribution in [0.4, 0.5) is 4.79 Å². The van der Waals surface area contributed by atoms with Gasteiger partial charge in [-0.15, -0.1) is 0 Å². The number of likely N-dealkylation sites (tertiary alicyclic amines) is 1. The predicted molar refractivity (Wildman–Crippen MR) is 92.0 cm³/mol. The van der Waals surface area contributed by atoms with Gasteiger partial charge in [0, 0.05) is 13.1 Å². The largest absolute Gasteiger partial charge is 0.481 e. The maximum absolute atomic E-state index is 12.3. The molecule has 1 aliphatic rings. The van der Waals surface area contributed by atoms with E-state index in [-0.39, 0.29) is 6.54 Å². The van der Waals surface area contributed by atoms with Gasteiger partial charge in [-0.3, -0.25) is 4.79 Å². The SMILES string of the molecule is Cc1ccc(CC2(C(=O)O)CCCN(C(=O)OC(C)(C)C)C2)cc1. The molecule has 0 aliphatic carbocycles. The second-order valence-electron chi connectivity index (χ2n) is 7.75. The first kappa shape index (κ1) is 18.3. The maximum atomic E-state index is 12.3. The van der Waals surface area contributed by atoms with Crippen LogP contribution < -0.4 is 0 Å². The Kier molecular flexibility index (Phi) is 5.21. The summed E-state index contributed by atoms with van der Waals surface area (Å²) in [6.45, 7) is 8.16. The molecule has 5 heteroatoms. The van der Waals surface area contributed by atoms with Crippen molar-refractivity contribution >= 4 is 12.1 Å². The number of piperidine rings is 1. The molecule has 0 aromatic heterocycles. The van der Waals surface area contributed by atoms with Gasteiger partial charge in [-0.1, -0.05) is 29.8 Å². The lowest BCUT2D eigenvalue weighted by atomic mass is 9.75. The van der Waals surface area contributed by atoms with Gasteiger partial charge in [0.15, 0.2) is 0 Å². The van der Waals surface area contributed by atoms with Crippen molar-refractivity contribution in [3.05, 3.63) is 35.4 Å². The number of hydrogen-bond donors (Lipinski definition) is 1. The topological polar surface area (TPSA) is 66.8 Å². The summed E-state index contributed by atoms with van der Waals surface area (Å²) in [7, 11) is 0. The molecule has 2 rings (SSSR count). The molecule has 1 fully saturated rings. The van der Waals surface area contributed by atoms with Crippen LogP contribution in [0.15, 0.2) is 24.3 Å². The van der Waals surface area contributed by atoms with Crippen LogP contribution in [0.2, 0.25) is 0 Å². The highest BCUT2D eigenvalue weighted by atomic mass is 16.6. The standard InChI is InChI=1S/C19H27NO4/c1-14-6-8-15(9-7-14)12-19(16(21)22)10-5-11-20(13-19)17(23)24-18(2,3)4/h6-9H,5,10-13H2,1-4H3,(H,21,22). The van der Waals surface area contributed by atoms with Crippen molar-refractivity contribution in [2.24, 2.45) is 5.41 Å². The van der Waals surface area contributed by atoms with Crippen molar-refractivity contribution in [2.45, 2.75) is 52.6 Å². The molecule has 1 aromatic rings. The number of ether oxygens (including phenoxy) is 1. The summed E-state index contributed by atoms with van der Waals surface area (Å²) < 4.78 is 5.41. The Morgan fingerprint density at radius 2 is 1.88 bits per heavy atom.